The lowest BCUT2D eigenvalue weighted by Crippen LogP contribution is -2.32. The molecule has 1 aliphatic rings. The smallest absolute Gasteiger partial charge is 0.0621 e. The minimum Gasteiger partial charge on any atom is -0.390 e. The fourth-order valence-electron chi connectivity index (χ4n) is 1.35. The number of rotatable bonds is 1. The lowest BCUT2D eigenvalue weighted by Gasteiger charge is -2.31. The topological polar surface area (TPSA) is 29.5 Å². The molecule has 2 nitrogen and oxygen atoms in total. The second-order valence-electron chi connectivity index (χ2n) is 3.33. The Kier molecular flexibility index (Phi) is 2.67. The van der Waals surface area contributed by atoms with Crippen LogP contribution in [0, 0.1) is 0 Å². The maximum atomic E-state index is 9.53. The first kappa shape index (κ1) is 8.45. The molecule has 0 amide bonds. The Morgan fingerprint density at radius 3 is 2.40 bits per heavy atom. The van der Waals surface area contributed by atoms with Gasteiger partial charge in [0.2, 0.25) is 0 Å². The van der Waals surface area contributed by atoms with Gasteiger partial charge in [-0.1, -0.05) is 0 Å². The lowest BCUT2D eigenvalue weighted by molar-refractivity contribution is -0.00703. The molecule has 0 aromatic carbocycles. The van der Waals surface area contributed by atoms with Gasteiger partial charge >= 0.3 is 0 Å². The Balaban J connectivity index is 2.31. The van der Waals surface area contributed by atoms with Crippen molar-refractivity contribution < 1.29 is 9.63 Å². The molecule has 1 aliphatic carbocycles. The first-order chi connectivity index (χ1) is 4.64. The van der Waals surface area contributed by atoms with Gasteiger partial charge in [0.05, 0.1) is 11.7 Å². The highest BCUT2D eigenvalue weighted by Gasteiger charge is 2.28. The van der Waals surface area contributed by atoms with Crippen LogP contribution in [0.1, 0.15) is 32.6 Å². The molecule has 0 heterocycles. The van der Waals surface area contributed by atoms with Crippen LogP contribution in [0.2, 0.25) is 0 Å². The van der Waals surface area contributed by atoms with E-state index in [0.717, 1.165) is 25.7 Å². The molecular formula is C7H15O2P. The van der Waals surface area contributed by atoms with E-state index in [0.29, 0.717) is 6.10 Å². The first-order valence-electron chi connectivity index (χ1n) is 3.72. The zero-order valence-corrected chi connectivity index (χ0v) is 7.49. The van der Waals surface area contributed by atoms with Gasteiger partial charge in [0.25, 0.3) is 0 Å². The van der Waals surface area contributed by atoms with Crippen LogP contribution < -0.4 is 0 Å². The third kappa shape index (κ3) is 2.19. The maximum absolute atomic E-state index is 9.53. The molecule has 3 heteroatoms. The zero-order valence-electron chi connectivity index (χ0n) is 6.34. The molecule has 1 unspecified atom stereocenters. The van der Waals surface area contributed by atoms with Crippen molar-refractivity contribution in [2.75, 3.05) is 0 Å². The van der Waals surface area contributed by atoms with E-state index in [2.05, 4.69) is 9.47 Å². The highest BCUT2D eigenvalue weighted by atomic mass is 31.0. The van der Waals surface area contributed by atoms with Crippen LogP contribution in [-0.2, 0) is 4.52 Å². The van der Waals surface area contributed by atoms with E-state index in [1.54, 1.807) is 0 Å². The molecule has 0 aliphatic heterocycles. The summed E-state index contributed by atoms with van der Waals surface area (Å²) >= 11 is 0. The summed E-state index contributed by atoms with van der Waals surface area (Å²) in [4.78, 5) is 0. The normalized spacial score (nSPS) is 41.7. The molecule has 1 saturated carbocycles. The summed E-state index contributed by atoms with van der Waals surface area (Å²) in [5.74, 6) is 0. The number of hydrogen-bond donors (Lipinski definition) is 1. The standard InChI is InChI=1S/C7H15O2P/c1-7(8)4-2-6(9-10)3-5-7/h6,8H,2-5,10H2,1H3. The Hall–Kier alpha value is 0.350. The Morgan fingerprint density at radius 1 is 1.50 bits per heavy atom. The van der Waals surface area contributed by atoms with Crippen LogP contribution in [0.4, 0.5) is 0 Å². The van der Waals surface area contributed by atoms with Gasteiger partial charge in [-0.2, -0.15) is 0 Å². The number of hydrogen-bond acceptors (Lipinski definition) is 2. The molecule has 0 spiro atoms. The predicted octanol–water partition coefficient (Wildman–Crippen LogP) is 1.49. The van der Waals surface area contributed by atoms with Gasteiger partial charge < -0.3 is 9.63 Å². The summed E-state index contributed by atoms with van der Waals surface area (Å²) in [5.41, 5.74) is -0.431. The summed E-state index contributed by atoms with van der Waals surface area (Å²) in [7, 11) is 2.29. The summed E-state index contributed by atoms with van der Waals surface area (Å²) in [5, 5.41) is 9.53. The molecule has 0 aromatic rings. The third-order valence-electron chi connectivity index (χ3n) is 2.20. The average Bonchev–Trinajstić information content (AvgIpc) is 1.88. The third-order valence-corrected chi connectivity index (χ3v) is 2.59. The molecule has 60 valence electrons. The summed E-state index contributed by atoms with van der Waals surface area (Å²) in [6, 6.07) is 0. The van der Waals surface area contributed by atoms with Crippen molar-refractivity contribution in [2.24, 2.45) is 0 Å². The minimum absolute atomic E-state index is 0.352. The van der Waals surface area contributed by atoms with Gasteiger partial charge in [-0.3, -0.25) is 0 Å². The van der Waals surface area contributed by atoms with Crippen molar-refractivity contribution in [3.8, 4) is 0 Å². The fourth-order valence-corrected chi connectivity index (χ4v) is 1.62. The van der Waals surface area contributed by atoms with Crippen molar-refractivity contribution in [3.05, 3.63) is 0 Å². The monoisotopic (exact) mass is 162 g/mol. The van der Waals surface area contributed by atoms with Crippen LogP contribution >= 0.6 is 9.47 Å². The van der Waals surface area contributed by atoms with E-state index in [-0.39, 0.29) is 0 Å². The van der Waals surface area contributed by atoms with Crippen LogP contribution in [0.3, 0.4) is 0 Å². The van der Waals surface area contributed by atoms with E-state index in [9.17, 15) is 5.11 Å². The minimum atomic E-state index is -0.431. The van der Waals surface area contributed by atoms with Crippen LogP contribution in [0.15, 0.2) is 0 Å². The molecular weight excluding hydrogens is 147 g/mol. The van der Waals surface area contributed by atoms with Gasteiger partial charge in [-0.05, 0) is 32.6 Å². The van der Waals surface area contributed by atoms with Gasteiger partial charge in [-0.15, -0.1) is 0 Å². The van der Waals surface area contributed by atoms with Crippen molar-refractivity contribution >= 4 is 9.47 Å². The Morgan fingerprint density at radius 2 is 2.00 bits per heavy atom. The van der Waals surface area contributed by atoms with Crippen molar-refractivity contribution in [2.45, 2.75) is 44.3 Å². The second-order valence-corrected chi connectivity index (χ2v) is 3.60. The molecule has 1 rings (SSSR count). The highest BCUT2D eigenvalue weighted by Crippen LogP contribution is 2.29. The zero-order chi connectivity index (χ0) is 7.61. The second kappa shape index (κ2) is 3.17. The van der Waals surface area contributed by atoms with E-state index >= 15 is 0 Å². The van der Waals surface area contributed by atoms with Crippen molar-refractivity contribution in [1.82, 2.24) is 0 Å². The van der Waals surface area contributed by atoms with E-state index in [1.165, 1.54) is 0 Å². The molecule has 0 saturated heterocycles. The molecule has 0 radical (unpaired) electrons. The highest BCUT2D eigenvalue weighted by molar-refractivity contribution is 7.09. The molecule has 10 heavy (non-hydrogen) atoms. The van der Waals surface area contributed by atoms with Crippen LogP contribution in [0.25, 0.3) is 0 Å². The predicted molar refractivity (Wildman–Crippen MR) is 43.7 cm³/mol. The molecule has 0 aromatic heterocycles. The van der Waals surface area contributed by atoms with Gasteiger partial charge in [0.15, 0.2) is 0 Å². The SMILES string of the molecule is CC1(O)CCC(OP)CC1. The van der Waals surface area contributed by atoms with Crippen LogP contribution in [-0.4, -0.2) is 16.8 Å². The van der Waals surface area contributed by atoms with Crippen molar-refractivity contribution in [3.63, 3.8) is 0 Å². The summed E-state index contributed by atoms with van der Waals surface area (Å²) < 4.78 is 5.09. The average molecular weight is 162 g/mol. The molecule has 1 N–H and O–H groups in total. The first-order valence-corrected chi connectivity index (χ1v) is 4.19. The lowest BCUT2D eigenvalue weighted by atomic mass is 9.85. The Labute approximate surface area is 64.2 Å². The largest absolute Gasteiger partial charge is 0.390 e. The molecule has 0 bridgehead atoms. The summed E-state index contributed by atoms with van der Waals surface area (Å²) in [6.45, 7) is 1.89. The van der Waals surface area contributed by atoms with Gasteiger partial charge in [0.1, 0.15) is 0 Å². The number of aliphatic hydroxyl groups is 1. The van der Waals surface area contributed by atoms with E-state index < -0.39 is 5.60 Å². The molecule has 1 fully saturated rings. The van der Waals surface area contributed by atoms with Crippen LogP contribution in [0.5, 0.6) is 0 Å². The van der Waals surface area contributed by atoms with E-state index in [4.69, 9.17) is 4.52 Å². The van der Waals surface area contributed by atoms with Crippen molar-refractivity contribution in [1.29, 1.82) is 0 Å². The van der Waals surface area contributed by atoms with Gasteiger partial charge in [-0.25, -0.2) is 0 Å². The quantitative estimate of drug-likeness (QED) is 0.592. The van der Waals surface area contributed by atoms with Gasteiger partial charge in [0, 0.05) is 9.47 Å². The fraction of sp³-hybridized carbons (Fsp3) is 1.00. The van der Waals surface area contributed by atoms with E-state index in [1.807, 2.05) is 6.92 Å². The summed E-state index contributed by atoms with van der Waals surface area (Å²) in [6.07, 6.45) is 4.05. The molecule has 1 atom stereocenters. The Bertz CT molecular complexity index is 104. The maximum Gasteiger partial charge on any atom is 0.0621 e.